The Balaban J connectivity index is 1.96. The van der Waals surface area contributed by atoms with Crippen molar-refractivity contribution >= 4 is 0 Å². The zero-order valence-corrected chi connectivity index (χ0v) is 13.5. The third-order valence-corrected chi connectivity index (χ3v) is 4.70. The van der Waals surface area contributed by atoms with E-state index in [2.05, 4.69) is 54.9 Å². The van der Waals surface area contributed by atoms with Gasteiger partial charge in [-0.2, -0.15) is 5.10 Å². The van der Waals surface area contributed by atoms with Crippen molar-refractivity contribution in [3.63, 3.8) is 0 Å². The maximum Gasteiger partial charge on any atom is 0.0764 e. The van der Waals surface area contributed by atoms with Gasteiger partial charge in [0.15, 0.2) is 0 Å². The fourth-order valence-electron chi connectivity index (χ4n) is 3.07. The van der Waals surface area contributed by atoms with Gasteiger partial charge in [0, 0.05) is 37.9 Å². The first-order valence-corrected chi connectivity index (χ1v) is 8.11. The summed E-state index contributed by atoms with van der Waals surface area (Å²) in [6.45, 7) is 13.3. The van der Waals surface area contributed by atoms with E-state index in [9.17, 15) is 0 Å². The van der Waals surface area contributed by atoms with Crippen molar-refractivity contribution in [2.75, 3.05) is 19.6 Å². The summed E-state index contributed by atoms with van der Waals surface area (Å²) in [6, 6.07) is 2.73. The van der Waals surface area contributed by atoms with E-state index < -0.39 is 0 Å². The first-order chi connectivity index (χ1) is 9.60. The van der Waals surface area contributed by atoms with Gasteiger partial charge in [-0.1, -0.05) is 20.8 Å². The minimum absolute atomic E-state index is 0.260. The van der Waals surface area contributed by atoms with Crippen LogP contribution in [0.3, 0.4) is 0 Å². The van der Waals surface area contributed by atoms with Gasteiger partial charge < -0.3 is 5.32 Å². The van der Waals surface area contributed by atoms with E-state index in [1.807, 2.05) is 0 Å². The second-order valence-electron chi connectivity index (χ2n) is 6.31. The van der Waals surface area contributed by atoms with E-state index in [1.54, 1.807) is 0 Å². The Bertz CT molecular complexity index is 410. The van der Waals surface area contributed by atoms with Crippen LogP contribution in [0.2, 0.25) is 0 Å². The topological polar surface area (TPSA) is 33.1 Å². The van der Waals surface area contributed by atoms with Gasteiger partial charge in [-0.15, -0.1) is 0 Å². The first-order valence-electron chi connectivity index (χ1n) is 8.11. The van der Waals surface area contributed by atoms with Gasteiger partial charge in [0.25, 0.3) is 0 Å². The zero-order valence-electron chi connectivity index (χ0n) is 13.5. The van der Waals surface area contributed by atoms with Crippen LogP contribution >= 0.6 is 0 Å². The summed E-state index contributed by atoms with van der Waals surface area (Å²) < 4.78 is 2.15. The van der Waals surface area contributed by atoms with Crippen LogP contribution in [0.5, 0.6) is 0 Å². The molecule has 4 heteroatoms. The van der Waals surface area contributed by atoms with Gasteiger partial charge in [0.05, 0.1) is 11.7 Å². The summed E-state index contributed by atoms with van der Waals surface area (Å²) in [5.74, 6) is 0. The van der Waals surface area contributed by atoms with E-state index >= 15 is 0 Å². The smallest absolute Gasteiger partial charge is 0.0764 e. The van der Waals surface area contributed by atoms with E-state index in [0.717, 1.165) is 39.0 Å². The normalized spacial score (nSPS) is 24.4. The summed E-state index contributed by atoms with van der Waals surface area (Å²) in [5.41, 5.74) is 1.47. The lowest BCUT2D eigenvalue weighted by molar-refractivity contribution is 0.132. The largest absolute Gasteiger partial charge is 0.309 e. The first kappa shape index (κ1) is 15.5. The van der Waals surface area contributed by atoms with Crippen molar-refractivity contribution in [2.45, 2.75) is 65.1 Å². The highest BCUT2D eigenvalue weighted by molar-refractivity contribution is 5.01. The standard InChI is InChI=1S/C16H30N4/c1-5-15(6-2)20-10-8-14(18-20)12-19-11-9-17-16(4,7-3)13-19/h8,10,15,17H,5-7,9,11-13H2,1-4H3. The molecule has 1 aliphatic heterocycles. The van der Waals surface area contributed by atoms with E-state index in [4.69, 9.17) is 5.10 Å². The van der Waals surface area contributed by atoms with E-state index in [-0.39, 0.29) is 5.54 Å². The average Bonchev–Trinajstić information content (AvgIpc) is 2.89. The maximum atomic E-state index is 4.77. The molecule has 0 saturated carbocycles. The fraction of sp³-hybridized carbons (Fsp3) is 0.812. The molecule has 0 spiro atoms. The van der Waals surface area contributed by atoms with Gasteiger partial charge in [0.1, 0.15) is 0 Å². The molecule has 1 N–H and O–H groups in total. The summed E-state index contributed by atoms with van der Waals surface area (Å²) in [6.07, 6.45) is 5.62. The highest BCUT2D eigenvalue weighted by atomic mass is 15.3. The molecule has 1 fully saturated rings. The van der Waals surface area contributed by atoms with Gasteiger partial charge in [-0.3, -0.25) is 9.58 Å². The number of nitrogens with zero attached hydrogens (tertiary/aromatic N) is 3. The van der Waals surface area contributed by atoms with Gasteiger partial charge >= 0.3 is 0 Å². The summed E-state index contributed by atoms with van der Waals surface area (Å²) in [7, 11) is 0. The molecule has 1 atom stereocenters. The van der Waals surface area contributed by atoms with Crippen LogP contribution < -0.4 is 5.32 Å². The van der Waals surface area contributed by atoms with Crippen molar-refractivity contribution in [3.8, 4) is 0 Å². The Kier molecular flexibility index (Phi) is 5.22. The summed E-state index contributed by atoms with van der Waals surface area (Å²) in [5, 5.41) is 8.41. The second-order valence-corrected chi connectivity index (χ2v) is 6.31. The molecule has 1 saturated heterocycles. The Morgan fingerprint density at radius 3 is 2.75 bits per heavy atom. The minimum Gasteiger partial charge on any atom is -0.309 e. The van der Waals surface area contributed by atoms with Crippen LogP contribution in [0.1, 0.15) is 58.7 Å². The van der Waals surface area contributed by atoms with Crippen LogP contribution in [-0.4, -0.2) is 39.9 Å². The number of piperazine rings is 1. The predicted molar refractivity (Wildman–Crippen MR) is 83.8 cm³/mol. The molecule has 1 unspecified atom stereocenters. The Hall–Kier alpha value is -0.870. The molecule has 1 aliphatic rings. The average molecular weight is 278 g/mol. The van der Waals surface area contributed by atoms with E-state index in [0.29, 0.717) is 6.04 Å². The fourth-order valence-corrected chi connectivity index (χ4v) is 3.07. The predicted octanol–water partition coefficient (Wildman–Crippen LogP) is 2.82. The molecule has 0 aliphatic carbocycles. The summed E-state index contributed by atoms with van der Waals surface area (Å²) in [4.78, 5) is 2.53. The molecule has 2 rings (SSSR count). The third-order valence-electron chi connectivity index (χ3n) is 4.70. The molecule has 4 nitrogen and oxygen atoms in total. The molecular weight excluding hydrogens is 248 g/mol. The number of hydrogen-bond donors (Lipinski definition) is 1. The molecule has 114 valence electrons. The van der Waals surface area contributed by atoms with Crippen LogP contribution in [-0.2, 0) is 6.54 Å². The number of rotatable bonds is 6. The molecule has 0 radical (unpaired) electrons. The SMILES string of the molecule is CCC(CC)n1ccc(CN2CCNC(C)(CC)C2)n1. The van der Waals surface area contributed by atoms with Crippen LogP contribution in [0.15, 0.2) is 12.3 Å². The molecule has 0 bridgehead atoms. The van der Waals surface area contributed by atoms with Crippen molar-refractivity contribution < 1.29 is 0 Å². The van der Waals surface area contributed by atoms with Crippen LogP contribution in [0.4, 0.5) is 0 Å². The maximum absolute atomic E-state index is 4.77. The van der Waals surface area contributed by atoms with Gasteiger partial charge in [0.2, 0.25) is 0 Å². The molecule has 1 aromatic heterocycles. The monoisotopic (exact) mass is 278 g/mol. The van der Waals surface area contributed by atoms with Crippen LogP contribution in [0, 0.1) is 0 Å². The van der Waals surface area contributed by atoms with Gasteiger partial charge in [-0.05, 0) is 32.3 Å². The van der Waals surface area contributed by atoms with Crippen molar-refractivity contribution in [3.05, 3.63) is 18.0 Å². The van der Waals surface area contributed by atoms with Crippen molar-refractivity contribution in [1.82, 2.24) is 20.0 Å². The van der Waals surface area contributed by atoms with Gasteiger partial charge in [-0.25, -0.2) is 0 Å². The second kappa shape index (κ2) is 6.72. The molecule has 0 amide bonds. The number of aromatic nitrogens is 2. The molecule has 0 aromatic carbocycles. The highest BCUT2D eigenvalue weighted by Gasteiger charge is 2.28. The number of nitrogens with one attached hydrogen (secondary N) is 1. The Labute approximate surface area is 123 Å². The molecule has 2 heterocycles. The molecular formula is C16H30N4. The minimum atomic E-state index is 0.260. The molecule has 20 heavy (non-hydrogen) atoms. The summed E-state index contributed by atoms with van der Waals surface area (Å²) >= 11 is 0. The van der Waals surface area contributed by atoms with Crippen molar-refractivity contribution in [2.24, 2.45) is 0 Å². The lowest BCUT2D eigenvalue weighted by Crippen LogP contribution is -2.58. The zero-order chi connectivity index (χ0) is 14.6. The quantitative estimate of drug-likeness (QED) is 0.868. The lowest BCUT2D eigenvalue weighted by atomic mass is 9.96. The Morgan fingerprint density at radius 2 is 2.10 bits per heavy atom. The molecule has 1 aromatic rings. The van der Waals surface area contributed by atoms with E-state index in [1.165, 1.54) is 12.1 Å². The number of hydrogen-bond acceptors (Lipinski definition) is 3. The third kappa shape index (κ3) is 3.61. The van der Waals surface area contributed by atoms with Crippen LogP contribution in [0.25, 0.3) is 0 Å². The van der Waals surface area contributed by atoms with Crippen molar-refractivity contribution in [1.29, 1.82) is 0 Å². The lowest BCUT2D eigenvalue weighted by Gasteiger charge is -2.40. The Morgan fingerprint density at radius 1 is 1.35 bits per heavy atom. The highest BCUT2D eigenvalue weighted by Crippen LogP contribution is 2.18.